The maximum atomic E-state index is 11.7. The second kappa shape index (κ2) is 5.67. The summed E-state index contributed by atoms with van der Waals surface area (Å²) in [6.07, 6.45) is 2.71. The van der Waals surface area contributed by atoms with Crippen LogP contribution in [0.3, 0.4) is 0 Å². The molecule has 19 heavy (non-hydrogen) atoms. The minimum atomic E-state index is -1.07. The van der Waals surface area contributed by atoms with Gasteiger partial charge in [0.2, 0.25) is 11.9 Å². The van der Waals surface area contributed by atoms with E-state index in [1.54, 1.807) is 18.2 Å². The molecule has 0 spiro atoms. The number of aromatic nitrogens is 3. The number of benzene rings is 1. The molecule has 0 aliphatic carbocycles. The van der Waals surface area contributed by atoms with E-state index < -0.39 is 11.9 Å². The Morgan fingerprint density at radius 1 is 1.21 bits per heavy atom. The van der Waals surface area contributed by atoms with Gasteiger partial charge in [0, 0.05) is 0 Å². The highest BCUT2D eigenvalue weighted by Gasteiger charge is 2.13. The van der Waals surface area contributed by atoms with Gasteiger partial charge in [-0.1, -0.05) is 18.2 Å². The molecule has 0 aliphatic rings. The molecule has 0 atom stereocenters. The number of amides is 1. The van der Waals surface area contributed by atoms with Gasteiger partial charge in [-0.2, -0.15) is 5.10 Å². The molecule has 1 aromatic carbocycles. The van der Waals surface area contributed by atoms with Crippen molar-refractivity contribution < 1.29 is 14.7 Å². The molecule has 1 aromatic heterocycles. The number of nitrogens with one attached hydrogen (secondary N) is 1. The average molecular weight is 258 g/mol. The number of carboxylic acid groups (broad SMARTS) is 1. The molecule has 0 aliphatic heterocycles. The van der Waals surface area contributed by atoms with Gasteiger partial charge in [-0.25, -0.2) is 9.78 Å². The van der Waals surface area contributed by atoms with Gasteiger partial charge in [0.05, 0.1) is 24.4 Å². The zero-order valence-electron chi connectivity index (χ0n) is 9.78. The van der Waals surface area contributed by atoms with Gasteiger partial charge in [0.1, 0.15) is 0 Å². The van der Waals surface area contributed by atoms with Crippen molar-refractivity contribution in [1.29, 1.82) is 0 Å². The highest BCUT2D eigenvalue weighted by molar-refractivity contribution is 5.95. The normalized spacial score (nSPS) is 9.89. The third kappa shape index (κ3) is 3.32. The zero-order chi connectivity index (χ0) is 13.7. The molecular weight excluding hydrogens is 248 g/mol. The number of carbonyl (C=O) groups excluding carboxylic acids is 1. The Morgan fingerprint density at radius 2 is 2.00 bits per heavy atom. The number of anilines is 1. The Balaban J connectivity index is 2.09. The molecule has 96 valence electrons. The van der Waals surface area contributed by atoms with Crippen LogP contribution < -0.4 is 5.32 Å². The minimum absolute atomic E-state index is 0.0687. The summed E-state index contributed by atoms with van der Waals surface area (Å²) >= 11 is 0. The van der Waals surface area contributed by atoms with Crippen LogP contribution in [0.5, 0.6) is 0 Å². The fourth-order valence-corrected chi connectivity index (χ4v) is 1.53. The molecule has 1 heterocycles. The van der Waals surface area contributed by atoms with Gasteiger partial charge in [-0.3, -0.25) is 10.1 Å². The van der Waals surface area contributed by atoms with Crippen molar-refractivity contribution in [1.82, 2.24) is 15.2 Å². The molecule has 7 nitrogen and oxygen atoms in total. The highest BCUT2D eigenvalue weighted by atomic mass is 16.4. The predicted octanol–water partition coefficient (Wildman–Crippen LogP) is 0.751. The molecule has 2 N–H and O–H groups in total. The number of nitrogens with zero attached hydrogens (tertiary/aromatic N) is 3. The van der Waals surface area contributed by atoms with Crippen molar-refractivity contribution in [3.8, 4) is 0 Å². The third-order valence-corrected chi connectivity index (χ3v) is 2.33. The molecule has 0 fully saturated rings. The minimum Gasteiger partial charge on any atom is -0.478 e. The smallest absolute Gasteiger partial charge is 0.335 e. The van der Waals surface area contributed by atoms with Gasteiger partial charge in [-0.15, -0.1) is 5.10 Å². The Bertz CT molecular complexity index is 601. The quantitative estimate of drug-likeness (QED) is 0.838. The molecule has 2 rings (SSSR count). The van der Waals surface area contributed by atoms with Gasteiger partial charge in [-0.05, 0) is 11.6 Å². The standard InChI is InChI=1S/C12H10N4O3/c17-10(15-12-13-5-6-14-16-12)7-8-3-1-2-4-9(8)11(18)19/h1-6H,7H2,(H,18,19)(H,13,15,16,17). The molecule has 1 amide bonds. The SMILES string of the molecule is O=C(Cc1ccccc1C(=O)O)Nc1nccnn1. The molecule has 0 saturated heterocycles. The summed E-state index contributed by atoms with van der Waals surface area (Å²) in [5.74, 6) is -1.39. The number of hydrogen-bond donors (Lipinski definition) is 2. The van der Waals surface area contributed by atoms with E-state index in [4.69, 9.17) is 5.11 Å². The first-order valence-corrected chi connectivity index (χ1v) is 5.41. The van der Waals surface area contributed by atoms with Crippen molar-refractivity contribution in [2.75, 3.05) is 5.32 Å². The van der Waals surface area contributed by atoms with Crippen LogP contribution in [0.2, 0.25) is 0 Å². The van der Waals surface area contributed by atoms with Crippen molar-refractivity contribution in [2.24, 2.45) is 0 Å². The lowest BCUT2D eigenvalue weighted by molar-refractivity contribution is -0.115. The summed E-state index contributed by atoms with van der Waals surface area (Å²) < 4.78 is 0. The number of carbonyl (C=O) groups is 2. The van der Waals surface area contributed by atoms with Crippen LogP contribution in [-0.2, 0) is 11.2 Å². The van der Waals surface area contributed by atoms with Crippen molar-refractivity contribution >= 4 is 17.8 Å². The number of aromatic carboxylic acids is 1. The monoisotopic (exact) mass is 258 g/mol. The van der Waals surface area contributed by atoms with Gasteiger partial charge in [0.15, 0.2) is 0 Å². The maximum absolute atomic E-state index is 11.7. The number of hydrogen-bond acceptors (Lipinski definition) is 5. The van der Waals surface area contributed by atoms with Crippen molar-refractivity contribution in [2.45, 2.75) is 6.42 Å². The highest BCUT2D eigenvalue weighted by Crippen LogP contribution is 2.10. The Kier molecular flexibility index (Phi) is 3.77. The summed E-state index contributed by atoms with van der Waals surface area (Å²) in [6.45, 7) is 0. The van der Waals surface area contributed by atoms with E-state index in [9.17, 15) is 9.59 Å². The van der Waals surface area contributed by atoms with Crippen molar-refractivity contribution in [3.05, 3.63) is 47.8 Å². The van der Waals surface area contributed by atoms with E-state index in [-0.39, 0.29) is 17.9 Å². The Morgan fingerprint density at radius 3 is 2.68 bits per heavy atom. The van der Waals surface area contributed by atoms with Crippen molar-refractivity contribution in [3.63, 3.8) is 0 Å². The Labute approximate surface area is 108 Å². The van der Waals surface area contributed by atoms with E-state index in [1.807, 2.05) is 0 Å². The maximum Gasteiger partial charge on any atom is 0.335 e. The summed E-state index contributed by atoms with van der Waals surface area (Å²) in [7, 11) is 0. The van der Waals surface area contributed by atoms with Crippen LogP contribution in [0.4, 0.5) is 5.95 Å². The third-order valence-electron chi connectivity index (χ3n) is 2.33. The fourth-order valence-electron chi connectivity index (χ4n) is 1.53. The molecule has 0 bridgehead atoms. The second-order valence-electron chi connectivity index (χ2n) is 3.65. The lowest BCUT2D eigenvalue weighted by Crippen LogP contribution is -2.18. The molecule has 0 unspecified atom stereocenters. The van der Waals surface area contributed by atoms with E-state index in [2.05, 4.69) is 20.5 Å². The van der Waals surface area contributed by atoms with Crippen LogP contribution >= 0.6 is 0 Å². The summed E-state index contributed by atoms with van der Waals surface area (Å²) in [6, 6.07) is 6.32. The lowest BCUT2D eigenvalue weighted by Gasteiger charge is -2.05. The average Bonchev–Trinajstić information content (AvgIpc) is 2.40. The van der Waals surface area contributed by atoms with Crippen LogP contribution in [0.1, 0.15) is 15.9 Å². The number of carboxylic acids is 1. The molecule has 0 saturated carbocycles. The lowest BCUT2D eigenvalue weighted by atomic mass is 10.0. The van der Waals surface area contributed by atoms with E-state index in [0.29, 0.717) is 5.56 Å². The van der Waals surface area contributed by atoms with Gasteiger partial charge >= 0.3 is 5.97 Å². The van der Waals surface area contributed by atoms with Crippen LogP contribution in [0.15, 0.2) is 36.7 Å². The first kappa shape index (κ1) is 12.6. The molecular formula is C12H10N4O3. The largest absolute Gasteiger partial charge is 0.478 e. The molecule has 2 aromatic rings. The second-order valence-corrected chi connectivity index (χ2v) is 3.65. The van der Waals surface area contributed by atoms with E-state index >= 15 is 0 Å². The molecule has 0 radical (unpaired) electrons. The first-order valence-electron chi connectivity index (χ1n) is 5.41. The van der Waals surface area contributed by atoms with Crippen LogP contribution in [0, 0.1) is 0 Å². The predicted molar refractivity (Wildman–Crippen MR) is 65.6 cm³/mol. The summed E-state index contributed by atoms with van der Waals surface area (Å²) in [5, 5.41) is 18.6. The fraction of sp³-hybridized carbons (Fsp3) is 0.0833. The van der Waals surface area contributed by atoms with Crippen LogP contribution in [-0.4, -0.2) is 32.2 Å². The topological polar surface area (TPSA) is 105 Å². The van der Waals surface area contributed by atoms with Gasteiger partial charge < -0.3 is 5.11 Å². The zero-order valence-corrected chi connectivity index (χ0v) is 9.78. The Hall–Kier alpha value is -2.83. The molecule has 7 heteroatoms. The van der Waals surface area contributed by atoms with E-state index in [0.717, 1.165) is 0 Å². The van der Waals surface area contributed by atoms with Gasteiger partial charge in [0.25, 0.3) is 0 Å². The van der Waals surface area contributed by atoms with Crippen LogP contribution in [0.25, 0.3) is 0 Å². The first-order chi connectivity index (χ1) is 9.16. The summed E-state index contributed by atoms with van der Waals surface area (Å²) in [4.78, 5) is 26.5. The number of rotatable bonds is 4. The van der Waals surface area contributed by atoms with E-state index in [1.165, 1.54) is 18.5 Å². The summed E-state index contributed by atoms with van der Waals surface area (Å²) in [5.41, 5.74) is 0.529.